The van der Waals surface area contributed by atoms with E-state index in [4.69, 9.17) is 5.73 Å². The van der Waals surface area contributed by atoms with Gasteiger partial charge in [0.1, 0.15) is 0 Å². The third kappa shape index (κ3) is 16.1. The first-order valence-corrected chi connectivity index (χ1v) is 14.8. The second-order valence-electron chi connectivity index (χ2n) is 10.4. The predicted octanol–water partition coefficient (Wildman–Crippen LogP) is 10.2. The van der Waals surface area contributed by atoms with Gasteiger partial charge in [0.15, 0.2) is 0 Å². The van der Waals surface area contributed by atoms with Crippen LogP contribution in [0.4, 0.5) is 11.4 Å². The summed E-state index contributed by atoms with van der Waals surface area (Å²) in [4.78, 5) is 2.63. The van der Waals surface area contributed by atoms with Gasteiger partial charge in [0, 0.05) is 24.5 Å². The summed E-state index contributed by atoms with van der Waals surface area (Å²) in [6, 6.07) is 6.62. The van der Waals surface area contributed by atoms with Crippen molar-refractivity contribution >= 4 is 11.4 Å². The van der Waals surface area contributed by atoms with Gasteiger partial charge in [0.05, 0.1) is 0 Å². The normalized spacial score (nSPS) is 11.2. The van der Waals surface area contributed by atoms with E-state index >= 15 is 0 Å². The fourth-order valence-corrected chi connectivity index (χ4v) is 4.81. The number of nitrogen functional groups attached to an aromatic ring is 1. The molecule has 0 heterocycles. The standard InChI is InChI=1S/C31H58N2/c1-4-6-8-10-12-14-16-18-20-22-26-33(30-24-25-31(32)29(3)28-30)27-23-21-19-17-15-13-11-9-7-5-2/h24-25,28H,4-23,26-27,32H2,1-3H3. The van der Waals surface area contributed by atoms with Crippen LogP contribution in [-0.2, 0) is 0 Å². The summed E-state index contributed by atoms with van der Waals surface area (Å²) in [6.07, 6.45) is 28.1. The van der Waals surface area contributed by atoms with Crippen LogP contribution >= 0.6 is 0 Å². The van der Waals surface area contributed by atoms with Gasteiger partial charge in [-0.05, 0) is 43.5 Å². The Bertz CT molecular complexity index is 530. The molecule has 0 bridgehead atoms. The summed E-state index contributed by atoms with van der Waals surface area (Å²) >= 11 is 0. The predicted molar refractivity (Wildman–Crippen MR) is 151 cm³/mol. The van der Waals surface area contributed by atoms with Crippen molar-refractivity contribution in [1.82, 2.24) is 0 Å². The summed E-state index contributed by atoms with van der Waals surface area (Å²) < 4.78 is 0. The number of benzene rings is 1. The van der Waals surface area contributed by atoms with Gasteiger partial charge >= 0.3 is 0 Å². The Morgan fingerprint density at radius 2 is 0.909 bits per heavy atom. The van der Waals surface area contributed by atoms with Gasteiger partial charge < -0.3 is 10.6 Å². The molecule has 0 fully saturated rings. The molecule has 192 valence electrons. The van der Waals surface area contributed by atoms with E-state index in [0.29, 0.717) is 0 Å². The molecule has 0 atom stereocenters. The van der Waals surface area contributed by atoms with Crippen molar-refractivity contribution in [1.29, 1.82) is 0 Å². The summed E-state index contributed by atoms with van der Waals surface area (Å²) in [5.74, 6) is 0. The summed E-state index contributed by atoms with van der Waals surface area (Å²) in [6.45, 7) is 9.11. The van der Waals surface area contributed by atoms with Crippen LogP contribution in [0, 0.1) is 6.92 Å². The van der Waals surface area contributed by atoms with Crippen LogP contribution in [0.3, 0.4) is 0 Å². The highest BCUT2D eigenvalue weighted by Crippen LogP contribution is 2.22. The van der Waals surface area contributed by atoms with Gasteiger partial charge in [0.2, 0.25) is 0 Å². The van der Waals surface area contributed by atoms with Crippen molar-refractivity contribution in [2.24, 2.45) is 0 Å². The summed E-state index contributed by atoms with van der Waals surface area (Å²) in [5, 5.41) is 0. The quantitative estimate of drug-likeness (QED) is 0.130. The second-order valence-corrected chi connectivity index (χ2v) is 10.4. The molecule has 0 unspecified atom stereocenters. The Balaban J connectivity index is 2.24. The third-order valence-corrected chi connectivity index (χ3v) is 7.18. The van der Waals surface area contributed by atoms with Crippen molar-refractivity contribution < 1.29 is 0 Å². The van der Waals surface area contributed by atoms with Crippen LogP contribution in [0.2, 0.25) is 0 Å². The van der Waals surface area contributed by atoms with Gasteiger partial charge in [-0.2, -0.15) is 0 Å². The molecule has 0 radical (unpaired) electrons. The lowest BCUT2D eigenvalue weighted by molar-refractivity contribution is 0.543. The first-order valence-electron chi connectivity index (χ1n) is 14.8. The van der Waals surface area contributed by atoms with E-state index in [0.717, 1.165) is 5.69 Å². The average molecular weight is 459 g/mol. The Hall–Kier alpha value is -1.18. The van der Waals surface area contributed by atoms with Gasteiger partial charge in [-0.25, -0.2) is 0 Å². The topological polar surface area (TPSA) is 29.3 Å². The molecule has 2 N–H and O–H groups in total. The summed E-state index contributed by atoms with van der Waals surface area (Å²) in [5.41, 5.74) is 9.58. The fraction of sp³-hybridized carbons (Fsp3) is 0.806. The first kappa shape index (κ1) is 29.9. The maximum absolute atomic E-state index is 6.08. The van der Waals surface area contributed by atoms with E-state index < -0.39 is 0 Å². The highest BCUT2D eigenvalue weighted by molar-refractivity contribution is 5.58. The largest absolute Gasteiger partial charge is 0.399 e. The van der Waals surface area contributed by atoms with Crippen LogP contribution < -0.4 is 10.6 Å². The molecule has 0 aliphatic heterocycles. The van der Waals surface area contributed by atoms with Gasteiger partial charge in [-0.15, -0.1) is 0 Å². The van der Waals surface area contributed by atoms with Crippen LogP contribution in [-0.4, -0.2) is 13.1 Å². The van der Waals surface area contributed by atoms with Crippen molar-refractivity contribution in [3.05, 3.63) is 23.8 Å². The number of nitrogens with zero attached hydrogens (tertiary/aromatic N) is 1. The van der Waals surface area contributed by atoms with Crippen molar-refractivity contribution in [2.45, 2.75) is 149 Å². The third-order valence-electron chi connectivity index (χ3n) is 7.18. The molecule has 0 aliphatic rings. The molecule has 0 amide bonds. The van der Waals surface area contributed by atoms with Crippen LogP contribution in [0.25, 0.3) is 0 Å². The minimum absolute atomic E-state index is 0.913. The smallest absolute Gasteiger partial charge is 0.0370 e. The Kier molecular flexibility index (Phi) is 19.3. The van der Waals surface area contributed by atoms with Gasteiger partial charge in [0.25, 0.3) is 0 Å². The maximum atomic E-state index is 6.08. The van der Waals surface area contributed by atoms with E-state index in [1.807, 2.05) is 0 Å². The number of aryl methyl sites for hydroxylation is 1. The average Bonchev–Trinajstić information content (AvgIpc) is 2.82. The number of hydrogen-bond acceptors (Lipinski definition) is 2. The zero-order valence-corrected chi connectivity index (χ0v) is 22.8. The highest BCUT2D eigenvalue weighted by Gasteiger charge is 2.08. The molecule has 2 nitrogen and oxygen atoms in total. The van der Waals surface area contributed by atoms with Gasteiger partial charge in [-0.3, -0.25) is 0 Å². The monoisotopic (exact) mass is 458 g/mol. The number of nitrogens with two attached hydrogens (primary N) is 1. The molecule has 0 spiro atoms. The molecule has 33 heavy (non-hydrogen) atoms. The number of unbranched alkanes of at least 4 members (excludes halogenated alkanes) is 18. The molecule has 0 saturated heterocycles. The van der Waals surface area contributed by atoms with E-state index in [1.165, 1.54) is 153 Å². The molecular formula is C31H58N2. The maximum Gasteiger partial charge on any atom is 0.0370 e. The lowest BCUT2D eigenvalue weighted by Gasteiger charge is -2.26. The van der Waals surface area contributed by atoms with Crippen LogP contribution in [0.5, 0.6) is 0 Å². The highest BCUT2D eigenvalue weighted by atomic mass is 15.1. The lowest BCUT2D eigenvalue weighted by Crippen LogP contribution is -2.25. The zero-order chi connectivity index (χ0) is 24.0. The van der Waals surface area contributed by atoms with E-state index in [-0.39, 0.29) is 0 Å². The molecule has 1 rings (SSSR count). The number of hydrogen-bond donors (Lipinski definition) is 1. The molecule has 1 aromatic rings. The fourth-order valence-electron chi connectivity index (χ4n) is 4.81. The minimum atomic E-state index is 0.913. The first-order chi connectivity index (χ1) is 16.2. The van der Waals surface area contributed by atoms with E-state index in [9.17, 15) is 0 Å². The number of rotatable bonds is 23. The molecule has 1 aromatic carbocycles. The summed E-state index contributed by atoms with van der Waals surface area (Å²) in [7, 11) is 0. The molecule has 0 aromatic heterocycles. The minimum Gasteiger partial charge on any atom is -0.399 e. The van der Waals surface area contributed by atoms with Gasteiger partial charge in [-0.1, -0.05) is 129 Å². The van der Waals surface area contributed by atoms with Crippen molar-refractivity contribution in [2.75, 3.05) is 23.7 Å². The Morgan fingerprint density at radius 1 is 0.545 bits per heavy atom. The molecular weight excluding hydrogens is 400 g/mol. The Morgan fingerprint density at radius 3 is 1.27 bits per heavy atom. The molecule has 0 aliphatic carbocycles. The van der Waals surface area contributed by atoms with E-state index in [1.54, 1.807) is 0 Å². The number of anilines is 2. The van der Waals surface area contributed by atoms with Crippen LogP contribution in [0.1, 0.15) is 148 Å². The molecule has 0 saturated carbocycles. The Labute approximate surface area is 208 Å². The van der Waals surface area contributed by atoms with Crippen molar-refractivity contribution in [3.63, 3.8) is 0 Å². The zero-order valence-electron chi connectivity index (χ0n) is 22.8. The van der Waals surface area contributed by atoms with Crippen LogP contribution in [0.15, 0.2) is 18.2 Å². The lowest BCUT2D eigenvalue weighted by atomic mass is 10.1. The van der Waals surface area contributed by atoms with E-state index in [2.05, 4.69) is 43.9 Å². The van der Waals surface area contributed by atoms with Crippen molar-refractivity contribution in [3.8, 4) is 0 Å². The second kappa shape index (κ2) is 21.4. The molecule has 2 heteroatoms. The SMILES string of the molecule is CCCCCCCCCCCCN(CCCCCCCCCCCC)c1ccc(N)c(C)c1.